The van der Waals surface area contributed by atoms with Crippen LogP contribution in [-0.2, 0) is 11.3 Å². The molecule has 0 saturated carbocycles. The first-order chi connectivity index (χ1) is 9.08. The summed E-state index contributed by atoms with van der Waals surface area (Å²) in [5, 5.41) is 5.92. The molecule has 0 spiro atoms. The second-order valence-electron chi connectivity index (χ2n) is 4.95. The van der Waals surface area contributed by atoms with Crippen LogP contribution in [0.5, 0.6) is 0 Å². The molecular weight excluding hydrogens is 250 g/mol. The van der Waals surface area contributed by atoms with Gasteiger partial charge in [0.2, 0.25) is 5.91 Å². The lowest BCUT2D eigenvalue weighted by atomic mass is 9.91. The van der Waals surface area contributed by atoms with Crippen molar-refractivity contribution >= 4 is 5.91 Å². The summed E-state index contributed by atoms with van der Waals surface area (Å²) in [5.41, 5.74) is 0.171. The van der Waals surface area contributed by atoms with Crippen molar-refractivity contribution < 1.29 is 13.6 Å². The fourth-order valence-electron chi connectivity index (χ4n) is 2.39. The molecule has 0 aromatic heterocycles. The molecule has 1 aromatic rings. The average Bonchev–Trinajstić information content (AvgIpc) is 2.40. The van der Waals surface area contributed by atoms with Crippen LogP contribution in [0.25, 0.3) is 0 Å². The van der Waals surface area contributed by atoms with E-state index >= 15 is 0 Å². The van der Waals surface area contributed by atoms with Gasteiger partial charge in [0.05, 0.1) is 5.92 Å². The summed E-state index contributed by atoms with van der Waals surface area (Å²) in [6.45, 7) is 2.90. The Balaban J connectivity index is 1.94. The first-order valence-corrected chi connectivity index (χ1v) is 6.53. The molecule has 1 saturated heterocycles. The van der Waals surface area contributed by atoms with Gasteiger partial charge in [0.15, 0.2) is 0 Å². The molecule has 1 aliphatic heterocycles. The summed E-state index contributed by atoms with van der Waals surface area (Å²) in [6.07, 6.45) is 1.78. The molecule has 19 heavy (non-hydrogen) atoms. The number of hydrogen-bond donors (Lipinski definition) is 2. The Morgan fingerprint density at radius 1 is 1.47 bits per heavy atom. The zero-order valence-electron chi connectivity index (χ0n) is 10.9. The molecule has 5 heteroatoms. The van der Waals surface area contributed by atoms with E-state index in [0.29, 0.717) is 0 Å². The first-order valence-electron chi connectivity index (χ1n) is 6.53. The van der Waals surface area contributed by atoms with Crippen molar-refractivity contribution in [3.05, 3.63) is 35.4 Å². The second kappa shape index (κ2) is 6.10. The first kappa shape index (κ1) is 13.9. The Morgan fingerprint density at radius 2 is 2.26 bits per heavy atom. The molecule has 0 radical (unpaired) electrons. The van der Waals surface area contributed by atoms with Gasteiger partial charge >= 0.3 is 0 Å². The third-order valence-electron chi connectivity index (χ3n) is 3.56. The summed E-state index contributed by atoms with van der Waals surface area (Å²) in [7, 11) is 0. The molecule has 1 heterocycles. The van der Waals surface area contributed by atoms with E-state index in [1.807, 2.05) is 6.92 Å². The molecule has 2 rings (SSSR count). The lowest BCUT2D eigenvalue weighted by Crippen LogP contribution is -2.46. The van der Waals surface area contributed by atoms with Gasteiger partial charge in [-0.25, -0.2) is 8.78 Å². The third-order valence-corrected chi connectivity index (χ3v) is 3.56. The monoisotopic (exact) mass is 268 g/mol. The van der Waals surface area contributed by atoms with E-state index in [4.69, 9.17) is 0 Å². The molecule has 0 bridgehead atoms. The van der Waals surface area contributed by atoms with Crippen molar-refractivity contribution in [3.63, 3.8) is 0 Å². The highest BCUT2D eigenvalue weighted by atomic mass is 19.1. The normalized spacial score (nSPS) is 23.1. The lowest BCUT2D eigenvalue weighted by Gasteiger charge is -2.28. The van der Waals surface area contributed by atoms with E-state index in [2.05, 4.69) is 10.6 Å². The van der Waals surface area contributed by atoms with Crippen molar-refractivity contribution in [3.8, 4) is 0 Å². The predicted octanol–water partition coefficient (Wildman–Crippen LogP) is 1.97. The van der Waals surface area contributed by atoms with Crippen molar-refractivity contribution in [2.24, 2.45) is 5.92 Å². The van der Waals surface area contributed by atoms with E-state index < -0.39 is 11.6 Å². The van der Waals surface area contributed by atoms with Gasteiger partial charge in [0.25, 0.3) is 0 Å². The van der Waals surface area contributed by atoms with Crippen molar-refractivity contribution in [1.82, 2.24) is 10.6 Å². The van der Waals surface area contributed by atoms with Gasteiger partial charge in [0.1, 0.15) is 11.6 Å². The molecule has 2 unspecified atom stereocenters. The number of halogens is 2. The Labute approximate surface area is 111 Å². The van der Waals surface area contributed by atoms with Crippen LogP contribution in [0.1, 0.15) is 25.3 Å². The summed E-state index contributed by atoms with van der Waals surface area (Å²) in [6, 6.07) is 3.36. The number of rotatable bonds is 3. The van der Waals surface area contributed by atoms with Gasteiger partial charge in [-0.1, -0.05) is 0 Å². The van der Waals surface area contributed by atoms with E-state index in [1.54, 1.807) is 0 Å². The average molecular weight is 268 g/mol. The van der Waals surface area contributed by atoms with Crippen LogP contribution in [0.2, 0.25) is 0 Å². The van der Waals surface area contributed by atoms with Crippen LogP contribution < -0.4 is 10.6 Å². The summed E-state index contributed by atoms with van der Waals surface area (Å²) < 4.78 is 26.4. The predicted molar refractivity (Wildman–Crippen MR) is 68.4 cm³/mol. The Bertz CT molecular complexity index is 465. The van der Waals surface area contributed by atoms with Crippen LogP contribution in [-0.4, -0.2) is 18.5 Å². The van der Waals surface area contributed by atoms with E-state index in [0.717, 1.165) is 37.6 Å². The third kappa shape index (κ3) is 3.50. The zero-order chi connectivity index (χ0) is 13.8. The van der Waals surface area contributed by atoms with Gasteiger partial charge in [0, 0.05) is 18.2 Å². The van der Waals surface area contributed by atoms with E-state index in [1.165, 1.54) is 0 Å². The van der Waals surface area contributed by atoms with Crippen LogP contribution in [0.15, 0.2) is 18.2 Å². The highest BCUT2D eigenvalue weighted by molar-refractivity contribution is 5.79. The molecule has 3 nitrogen and oxygen atoms in total. The van der Waals surface area contributed by atoms with E-state index in [9.17, 15) is 13.6 Å². The maximum atomic E-state index is 13.4. The minimum Gasteiger partial charge on any atom is -0.352 e. The number of hydrogen-bond acceptors (Lipinski definition) is 2. The SMILES string of the molecule is CC1NCCCC1C(=O)NCc1cc(F)ccc1F. The maximum absolute atomic E-state index is 13.4. The minimum atomic E-state index is -0.503. The van der Waals surface area contributed by atoms with Gasteiger partial charge in [-0.15, -0.1) is 0 Å². The largest absolute Gasteiger partial charge is 0.352 e. The molecule has 2 N–H and O–H groups in total. The number of nitrogens with one attached hydrogen (secondary N) is 2. The Hall–Kier alpha value is -1.49. The quantitative estimate of drug-likeness (QED) is 0.880. The fraction of sp³-hybridized carbons (Fsp3) is 0.500. The summed E-state index contributed by atoms with van der Waals surface area (Å²) in [4.78, 5) is 12.0. The molecule has 1 aliphatic rings. The Kier molecular flexibility index (Phi) is 4.47. The van der Waals surface area contributed by atoms with Crippen LogP contribution in [0, 0.1) is 17.6 Å². The molecular formula is C14H18F2N2O. The highest BCUT2D eigenvalue weighted by Crippen LogP contribution is 2.17. The molecule has 0 aliphatic carbocycles. The van der Waals surface area contributed by atoms with Gasteiger partial charge in [-0.2, -0.15) is 0 Å². The summed E-state index contributed by atoms with van der Waals surface area (Å²) in [5.74, 6) is -1.22. The molecule has 1 amide bonds. The Morgan fingerprint density at radius 3 is 3.00 bits per heavy atom. The minimum absolute atomic E-state index is 0.0195. The van der Waals surface area contributed by atoms with E-state index in [-0.39, 0.29) is 30.0 Å². The van der Waals surface area contributed by atoms with Crippen LogP contribution in [0.3, 0.4) is 0 Å². The van der Waals surface area contributed by atoms with Gasteiger partial charge < -0.3 is 10.6 Å². The number of carbonyl (C=O) groups excluding carboxylic acids is 1. The number of carbonyl (C=O) groups is 1. The van der Waals surface area contributed by atoms with Crippen LogP contribution in [0.4, 0.5) is 8.78 Å². The fourth-order valence-corrected chi connectivity index (χ4v) is 2.39. The van der Waals surface area contributed by atoms with Crippen molar-refractivity contribution in [2.75, 3.05) is 6.54 Å². The highest BCUT2D eigenvalue weighted by Gasteiger charge is 2.27. The molecule has 1 aromatic carbocycles. The number of benzene rings is 1. The standard InChI is InChI=1S/C14H18F2N2O/c1-9-12(3-2-6-17-9)14(19)18-8-10-7-11(15)4-5-13(10)16/h4-5,7,9,12,17H,2-3,6,8H2,1H3,(H,18,19). The van der Waals surface area contributed by atoms with Crippen molar-refractivity contribution in [2.45, 2.75) is 32.4 Å². The smallest absolute Gasteiger partial charge is 0.224 e. The summed E-state index contributed by atoms with van der Waals surface area (Å²) >= 11 is 0. The topological polar surface area (TPSA) is 41.1 Å². The zero-order valence-corrected chi connectivity index (χ0v) is 10.9. The molecule has 2 atom stereocenters. The van der Waals surface area contributed by atoms with Crippen molar-refractivity contribution in [1.29, 1.82) is 0 Å². The van der Waals surface area contributed by atoms with Gasteiger partial charge in [-0.05, 0) is 44.5 Å². The number of amides is 1. The maximum Gasteiger partial charge on any atom is 0.224 e. The molecule has 1 fully saturated rings. The lowest BCUT2D eigenvalue weighted by molar-refractivity contribution is -0.126. The second-order valence-corrected chi connectivity index (χ2v) is 4.95. The number of piperidine rings is 1. The molecule has 104 valence electrons. The van der Waals surface area contributed by atoms with Gasteiger partial charge in [-0.3, -0.25) is 4.79 Å². The van der Waals surface area contributed by atoms with Crippen LogP contribution >= 0.6 is 0 Å².